The number of carboxylic acid groups (broad SMARTS) is 1. The first-order valence-corrected chi connectivity index (χ1v) is 13.3. The quantitative estimate of drug-likeness (QED) is 0.357. The molecule has 0 radical (unpaired) electrons. The Kier molecular flexibility index (Phi) is 6.57. The molecule has 0 saturated heterocycles. The van der Waals surface area contributed by atoms with Crippen LogP contribution in [0.5, 0.6) is 11.5 Å². The van der Waals surface area contributed by atoms with E-state index in [-0.39, 0.29) is 35.6 Å². The number of alkyl carbamates (subject to hydrolysis) is 1. The van der Waals surface area contributed by atoms with Crippen LogP contribution in [-0.2, 0) is 26.2 Å². The Morgan fingerprint density at radius 3 is 2.71 bits per heavy atom. The van der Waals surface area contributed by atoms with Gasteiger partial charge in [-0.2, -0.15) is 0 Å². The molecule has 4 aliphatic carbocycles. The van der Waals surface area contributed by atoms with Gasteiger partial charge in [-0.25, -0.2) is 9.59 Å². The molecule has 3 unspecified atom stereocenters. The van der Waals surface area contributed by atoms with Crippen LogP contribution in [-0.4, -0.2) is 61.5 Å². The van der Waals surface area contributed by atoms with Gasteiger partial charge in [-0.3, -0.25) is 4.79 Å². The zero-order valence-corrected chi connectivity index (χ0v) is 22.3. The molecule has 10 nitrogen and oxygen atoms in total. The number of carbonyl (C=O) groups excluding carboxylic acids is 2. The van der Waals surface area contributed by atoms with Crippen molar-refractivity contribution in [3.63, 3.8) is 0 Å². The predicted molar refractivity (Wildman–Crippen MR) is 138 cm³/mol. The van der Waals surface area contributed by atoms with Crippen molar-refractivity contribution in [1.82, 2.24) is 10.6 Å². The van der Waals surface area contributed by atoms with Gasteiger partial charge in [-0.15, -0.1) is 0 Å². The maximum Gasteiger partial charge on any atom is 0.407 e. The van der Waals surface area contributed by atoms with E-state index in [2.05, 4.69) is 29.7 Å². The van der Waals surface area contributed by atoms with E-state index in [4.69, 9.17) is 19.9 Å². The van der Waals surface area contributed by atoms with Crippen LogP contribution in [0.2, 0.25) is 0 Å². The Morgan fingerprint density at radius 1 is 1.29 bits per heavy atom. The van der Waals surface area contributed by atoms with Crippen molar-refractivity contribution in [2.45, 2.75) is 63.7 Å². The van der Waals surface area contributed by atoms with Crippen LogP contribution in [0.25, 0.3) is 0 Å². The normalized spacial score (nSPS) is 32.3. The molecule has 1 aromatic rings. The number of methoxy groups -OCH3 is 1. The largest absolute Gasteiger partial charge is 0.493 e. The fourth-order valence-corrected chi connectivity index (χ4v) is 7.62. The van der Waals surface area contributed by atoms with E-state index in [1.807, 2.05) is 12.1 Å². The van der Waals surface area contributed by atoms with Gasteiger partial charge in [0.05, 0.1) is 7.11 Å². The van der Waals surface area contributed by atoms with Gasteiger partial charge in [0, 0.05) is 35.9 Å². The molecule has 5 aliphatic rings. The highest BCUT2D eigenvalue weighted by atomic mass is 16.6. The molecule has 38 heavy (non-hydrogen) atoms. The molecule has 10 heteroatoms. The number of fused-ring (bicyclic) bond motifs is 1. The van der Waals surface area contributed by atoms with Crippen LogP contribution in [0.15, 0.2) is 24.3 Å². The van der Waals surface area contributed by atoms with Crippen LogP contribution in [0, 0.1) is 23.2 Å². The van der Waals surface area contributed by atoms with Crippen molar-refractivity contribution in [3.05, 3.63) is 35.4 Å². The van der Waals surface area contributed by atoms with Crippen LogP contribution in [0.1, 0.15) is 44.7 Å². The van der Waals surface area contributed by atoms with E-state index in [1.165, 1.54) is 11.1 Å². The van der Waals surface area contributed by atoms with E-state index in [9.17, 15) is 19.5 Å². The number of amides is 2. The fourth-order valence-electron chi connectivity index (χ4n) is 7.62. The third kappa shape index (κ3) is 3.83. The molecule has 1 fully saturated rings. The summed E-state index contributed by atoms with van der Waals surface area (Å²) in [6, 6.07) is 3.07. The molecule has 1 spiro atoms. The smallest absolute Gasteiger partial charge is 0.407 e. The Hall–Kier alpha value is -3.27. The minimum absolute atomic E-state index is 0.00674. The lowest BCUT2D eigenvalue weighted by Gasteiger charge is -2.65. The van der Waals surface area contributed by atoms with Gasteiger partial charge in [0.15, 0.2) is 17.6 Å². The second-order valence-corrected chi connectivity index (χ2v) is 11.5. The number of carbonyl (C=O) groups is 3. The van der Waals surface area contributed by atoms with E-state index in [0.29, 0.717) is 18.2 Å². The second kappa shape index (κ2) is 9.48. The van der Waals surface area contributed by atoms with Gasteiger partial charge in [-0.05, 0) is 48.3 Å². The van der Waals surface area contributed by atoms with Gasteiger partial charge in [0.1, 0.15) is 12.1 Å². The molecule has 2 bridgehead atoms. The molecule has 1 aromatic carbocycles. The van der Waals surface area contributed by atoms with E-state index >= 15 is 0 Å². The molecular weight excluding hydrogens is 490 g/mol. The van der Waals surface area contributed by atoms with Crippen molar-refractivity contribution in [1.29, 1.82) is 0 Å². The van der Waals surface area contributed by atoms with Crippen molar-refractivity contribution in [3.8, 4) is 11.5 Å². The van der Waals surface area contributed by atoms with Gasteiger partial charge >= 0.3 is 12.1 Å². The predicted octanol–water partition coefficient (Wildman–Crippen LogP) is 2.13. The maximum atomic E-state index is 12.8. The third-order valence-electron chi connectivity index (χ3n) is 8.96. The molecule has 7 atom stereocenters. The summed E-state index contributed by atoms with van der Waals surface area (Å²) in [6.07, 6.45) is 3.95. The van der Waals surface area contributed by atoms with E-state index < -0.39 is 36.2 Å². The summed E-state index contributed by atoms with van der Waals surface area (Å²) in [7, 11) is 1.62. The molecule has 2 amide bonds. The van der Waals surface area contributed by atoms with Crippen molar-refractivity contribution < 1.29 is 33.7 Å². The number of nitrogens with one attached hydrogen (secondary N) is 2. The second-order valence-electron chi connectivity index (χ2n) is 11.5. The van der Waals surface area contributed by atoms with Crippen molar-refractivity contribution >= 4 is 18.0 Å². The topological polar surface area (TPSA) is 149 Å². The number of ether oxygens (including phenoxy) is 3. The van der Waals surface area contributed by atoms with Crippen molar-refractivity contribution in [2.75, 3.05) is 20.2 Å². The standard InChI is InChI=1S/C28H37N3O7/c1-14(2)21(25(33)34)31-19(32)8-10-30-26(35)37-18-7-9-27(13-29)12-28-20-16(11-15(3)23(27)28)5-6-17(36-4)22(20)38-24(18)28/h5-7,9,14-15,18,21,23-24H,8,10-13,29H2,1-4H3,(H,30,35)(H,31,32)(H,33,34)/t15-,18+,21?,23?,24+,27?,28-/m1/s1. The molecule has 206 valence electrons. The van der Waals surface area contributed by atoms with Gasteiger partial charge in [0.2, 0.25) is 5.91 Å². The number of hydrogen-bond acceptors (Lipinski definition) is 7. The molecular formula is C28H37N3O7. The summed E-state index contributed by atoms with van der Waals surface area (Å²) in [4.78, 5) is 36.4. The first kappa shape index (κ1) is 26.3. The zero-order chi connectivity index (χ0) is 27.4. The van der Waals surface area contributed by atoms with Crippen LogP contribution in [0.4, 0.5) is 4.79 Å². The average molecular weight is 528 g/mol. The lowest BCUT2D eigenvalue weighted by molar-refractivity contribution is -0.143. The maximum absolute atomic E-state index is 12.8. The first-order valence-electron chi connectivity index (χ1n) is 13.3. The van der Waals surface area contributed by atoms with Crippen LogP contribution in [0.3, 0.4) is 0 Å². The highest BCUT2D eigenvalue weighted by Crippen LogP contribution is 2.74. The third-order valence-corrected chi connectivity index (χ3v) is 8.96. The lowest BCUT2D eigenvalue weighted by atomic mass is 9.37. The van der Waals surface area contributed by atoms with Gasteiger partial charge in [0.25, 0.3) is 0 Å². The highest BCUT2D eigenvalue weighted by molar-refractivity contribution is 5.84. The molecule has 1 heterocycles. The van der Waals surface area contributed by atoms with E-state index in [0.717, 1.165) is 18.6 Å². The SMILES string of the molecule is COc1ccc2c3c1O[C@H]1[C@@H](OC(=O)NCCC(=O)NC(C(=O)O)C(C)C)C=CC4(CN)C[C@]31C4[C@H](C)C2. The number of rotatable bonds is 9. The van der Waals surface area contributed by atoms with Gasteiger partial charge < -0.3 is 35.7 Å². The first-order chi connectivity index (χ1) is 18.1. The molecule has 0 aromatic heterocycles. The summed E-state index contributed by atoms with van der Waals surface area (Å²) in [5, 5.41) is 14.4. The number of benzene rings is 1. The van der Waals surface area contributed by atoms with Crippen LogP contribution >= 0.6 is 0 Å². The van der Waals surface area contributed by atoms with E-state index in [1.54, 1.807) is 21.0 Å². The molecule has 1 aliphatic heterocycles. The molecule has 5 N–H and O–H groups in total. The van der Waals surface area contributed by atoms with Crippen LogP contribution < -0.4 is 25.8 Å². The van der Waals surface area contributed by atoms with Gasteiger partial charge in [-0.1, -0.05) is 32.9 Å². The molecule has 1 saturated carbocycles. The minimum Gasteiger partial charge on any atom is -0.493 e. The summed E-state index contributed by atoms with van der Waals surface area (Å²) in [5.74, 6) is 0.215. The minimum atomic E-state index is -1.10. The summed E-state index contributed by atoms with van der Waals surface area (Å²) in [6.45, 7) is 6.20. The number of carboxylic acids is 1. The zero-order valence-electron chi connectivity index (χ0n) is 22.3. The fraction of sp³-hybridized carbons (Fsp3) is 0.607. The Morgan fingerprint density at radius 2 is 2.05 bits per heavy atom. The summed E-state index contributed by atoms with van der Waals surface area (Å²) < 4.78 is 18.1. The Labute approximate surface area is 222 Å². The Bertz CT molecular complexity index is 1180. The number of nitrogens with two attached hydrogens (primary N) is 1. The highest BCUT2D eigenvalue weighted by Gasteiger charge is 2.74. The average Bonchev–Trinajstić information content (AvgIpc) is 3.09. The summed E-state index contributed by atoms with van der Waals surface area (Å²) >= 11 is 0. The number of hydrogen-bond donors (Lipinski definition) is 4. The van der Waals surface area contributed by atoms with Crippen molar-refractivity contribution in [2.24, 2.45) is 28.9 Å². The lowest BCUT2D eigenvalue weighted by Crippen LogP contribution is -2.69. The number of aliphatic carboxylic acids is 1. The Balaban J connectivity index is 1.31. The molecule has 6 rings (SSSR count). The summed E-state index contributed by atoms with van der Waals surface area (Å²) in [5.41, 5.74) is 8.25. The monoisotopic (exact) mass is 527 g/mol.